The van der Waals surface area contributed by atoms with Gasteiger partial charge in [0.05, 0.1) is 6.33 Å². The molecule has 0 fully saturated rings. The maximum Gasteiger partial charge on any atom is 0.157 e. The van der Waals surface area contributed by atoms with E-state index in [9.17, 15) is 0 Å². The molecule has 0 radical (unpaired) electrons. The van der Waals surface area contributed by atoms with Crippen LogP contribution < -0.4 is 0 Å². The number of nitrogens with zero attached hydrogens (tertiary/aromatic N) is 3. The summed E-state index contributed by atoms with van der Waals surface area (Å²) in [5, 5.41) is 0. The molecule has 0 aliphatic rings. The van der Waals surface area contributed by atoms with Crippen LogP contribution in [0, 0.1) is 4.64 Å². The molecule has 2 rings (SSSR count). The third kappa shape index (κ3) is 1.33. The third-order valence-corrected chi connectivity index (χ3v) is 2.50. The Morgan fingerprint density at radius 2 is 2.29 bits per heavy atom. The first-order chi connectivity index (χ1) is 6.76. The Balaban J connectivity index is 2.80. The molecule has 74 valence electrons. The topological polar surface area (TPSA) is 46.5 Å². The van der Waals surface area contributed by atoms with Gasteiger partial charge in [0.2, 0.25) is 0 Å². The van der Waals surface area contributed by atoms with Crippen molar-refractivity contribution in [1.29, 1.82) is 0 Å². The lowest BCUT2D eigenvalue weighted by Crippen LogP contribution is -1.98. The Bertz CT molecular complexity index is 511. The Hall–Kier alpha value is -1.23. The van der Waals surface area contributed by atoms with Gasteiger partial charge in [0.1, 0.15) is 17.0 Å². The summed E-state index contributed by atoms with van der Waals surface area (Å²) in [5.74, 6) is 0.915. The SMILES string of the molecule is CCc1nc(=S)c2ncn(CC)c2[nH]1. The van der Waals surface area contributed by atoms with E-state index in [1.165, 1.54) is 0 Å². The van der Waals surface area contributed by atoms with Crippen molar-refractivity contribution in [2.24, 2.45) is 0 Å². The van der Waals surface area contributed by atoms with E-state index >= 15 is 0 Å². The van der Waals surface area contributed by atoms with Crippen LogP contribution in [0.5, 0.6) is 0 Å². The minimum atomic E-state index is 0.586. The van der Waals surface area contributed by atoms with Gasteiger partial charge in [-0.05, 0) is 6.92 Å². The molecule has 2 aromatic heterocycles. The summed E-state index contributed by atoms with van der Waals surface area (Å²) in [6.45, 7) is 5.01. The van der Waals surface area contributed by atoms with Crippen molar-refractivity contribution in [3.8, 4) is 0 Å². The number of fused-ring (bicyclic) bond motifs is 1. The molecule has 0 amide bonds. The molecule has 0 aliphatic carbocycles. The van der Waals surface area contributed by atoms with E-state index in [1.54, 1.807) is 6.33 Å². The lowest BCUT2D eigenvalue weighted by molar-refractivity contribution is 0.772. The molecule has 2 heterocycles. The predicted octanol–water partition coefficient (Wildman–Crippen LogP) is 2.07. The molecule has 2 aromatic rings. The molecule has 14 heavy (non-hydrogen) atoms. The standard InChI is InChI=1S/C9H12N4S/c1-3-6-11-8-7(9(14)12-6)10-5-13(8)4-2/h5H,3-4H2,1-2H3,(H,11,12,14). The van der Waals surface area contributed by atoms with E-state index in [0.29, 0.717) is 4.64 Å². The van der Waals surface area contributed by atoms with Crippen LogP contribution >= 0.6 is 12.2 Å². The highest BCUT2D eigenvalue weighted by molar-refractivity contribution is 7.71. The van der Waals surface area contributed by atoms with Gasteiger partial charge in [-0.15, -0.1) is 0 Å². The Labute approximate surface area is 87.0 Å². The molecular weight excluding hydrogens is 196 g/mol. The molecule has 0 saturated carbocycles. The maximum atomic E-state index is 5.16. The average Bonchev–Trinajstić information content (AvgIpc) is 2.61. The first-order valence-electron chi connectivity index (χ1n) is 4.70. The fourth-order valence-corrected chi connectivity index (χ4v) is 1.68. The summed E-state index contributed by atoms with van der Waals surface area (Å²) in [7, 11) is 0. The fourth-order valence-electron chi connectivity index (χ4n) is 1.42. The van der Waals surface area contributed by atoms with Crippen molar-refractivity contribution in [3.63, 3.8) is 0 Å². The molecule has 0 unspecified atom stereocenters. The summed E-state index contributed by atoms with van der Waals surface area (Å²) < 4.78 is 2.62. The summed E-state index contributed by atoms with van der Waals surface area (Å²) in [5.41, 5.74) is 1.77. The van der Waals surface area contributed by atoms with Crippen LogP contribution in [0.2, 0.25) is 0 Å². The summed E-state index contributed by atoms with van der Waals surface area (Å²) >= 11 is 5.16. The van der Waals surface area contributed by atoms with Gasteiger partial charge in [0, 0.05) is 13.0 Å². The molecular formula is C9H12N4S. The molecule has 0 aromatic carbocycles. The molecule has 0 bridgehead atoms. The van der Waals surface area contributed by atoms with Crippen molar-refractivity contribution >= 4 is 23.4 Å². The molecule has 5 heteroatoms. The van der Waals surface area contributed by atoms with Crippen molar-refractivity contribution in [2.75, 3.05) is 0 Å². The van der Waals surface area contributed by atoms with E-state index in [0.717, 1.165) is 30.0 Å². The number of aromatic nitrogens is 4. The number of imidazole rings is 1. The highest BCUT2D eigenvalue weighted by Crippen LogP contribution is 2.11. The zero-order valence-corrected chi connectivity index (χ0v) is 9.06. The summed E-state index contributed by atoms with van der Waals surface area (Å²) in [6, 6.07) is 0. The molecule has 0 saturated heterocycles. The summed E-state index contributed by atoms with van der Waals surface area (Å²) in [6.07, 6.45) is 2.65. The summed E-state index contributed by atoms with van der Waals surface area (Å²) in [4.78, 5) is 11.7. The molecule has 0 atom stereocenters. The highest BCUT2D eigenvalue weighted by atomic mass is 32.1. The predicted molar refractivity (Wildman–Crippen MR) is 57.8 cm³/mol. The van der Waals surface area contributed by atoms with Gasteiger partial charge in [-0.1, -0.05) is 19.1 Å². The zero-order chi connectivity index (χ0) is 10.1. The quantitative estimate of drug-likeness (QED) is 0.768. The minimum absolute atomic E-state index is 0.586. The highest BCUT2D eigenvalue weighted by Gasteiger charge is 2.05. The van der Waals surface area contributed by atoms with E-state index in [2.05, 4.69) is 21.9 Å². The molecule has 4 nitrogen and oxygen atoms in total. The Morgan fingerprint density at radius 3 is 2.93 bits per heavy atom. The van der Waals surface area contributed by atoms with E-state index in [4.69, 9.17) is 12.2 Å². The van der Waals surface area contributed by atoms with Crippen LogP contribution in [-0.2, 0) is 13.0 Å². The second-order valence-corrected chi connectivity index (χ2v) is 3.46. The zero-order valence-electron chi connectivity index (χ0n) is 8.24. The van der Waals surface area contributed by atoms with Gasteiger partial charge < -0.3 is 9.55 Å². The second-order valence-electron chi connectivity index (χ2n) is 3.07. The number of nitrogens with one attached hydrogen (secondary N) is 1. The third-order valence-electron chi connectivity index (χ3n) is 2.22. The van der Waals surface area contributed by atoms with Crippen molar-refractivity contribution in [1.82, 2.24) is 19.5 Å². The monoisotopic (exact) mass is 208 g/mol. The Kier molecular flexibility index (Phi) is 2.33. The Morgan fingerprint density at radius 1 is 1.50 bits per heavy atom. The number of rotatable bonds is 2. The molecule has 0 spiro atoms. The smallest absolute Gasteiger partial charge is 0.157 e. The van der Waals surface area contributed by atoms with Crippen molar-refractivity contribution < 1.29 is 0 Å². The van der Waals surface area contributed by atoms with Crippen LogP contribution in [-0.4, -0.2) is 19.5 Å². The number of H-pyrrole nitrogens is 1. The van der Waals surface area contributed by atoms with Gasteiger partial charge in [0.25, 0.3) is 0 Å². The largest absolute Gasteiger partial charge is 0.328 e. The number of hydrogen-bond acceptors (Lipinski definition) is 3. The molecule has 1 N–H and O–H groups in total. The van der Waals surface area contributed by atoms with Crippen molar-refractivity contribution in [3.05, 3.63) is 16.8 Å². The van der Waals surface area contributed by atoms with Gasteiger partial charge in [-0.25, -0.2) is 9.97 Å². The van der Waals surface area contributed by atoms with E-state index < -0.39 is 0 Å². The van der Waals surface area contributed by atoms with Crippen LogP contribution in [0.3, 0.4) is 0 Å². The van der Waals surface area contributed by atoms with Crippen LogP contribution in [0.25, 0.3) is 11.2 Å². The average molecular weight is 208 g/mol. The number of aryl methyl sites for hydroxylation is 2. The van der Waals surface area contributed by atoms with Crippen LogP contribution in [0.15, 0.2) is 6.33 Å². The lowest BCUT2D eigenvalue weighted by Gasteiger charge is -2.01. The van der Waals surface area contributed by atoms with E-state index in [-0.39, 0.29) is 0 Å². The first-order valence-corrected chi connectivity index (χ1v) is 5.11. The second kappa shape index (κ2) is 3.49. The fraction of sp³-hybridized carbons (Fsp3) is 0.444. The lowest BCUT2D eigenvalue weighted by atomic mass is 10.4. The minimum Gasteiger partial charge on any atom is -0.328 e. The molecule has 0 aliphatic heterocycles. The first kappa shape index (κ1) is 9.33. The maximum absolute atomic E-state index is 5.16. The van der Waals surface area contributed by atoms with Crippen LogP contribution in [0.4, 0.5) is 0 Å². The van der Waals surface area contributed by atoms with Crippen molar-refractivity contribution in [2.45, 2.75) is 26.8 Å². The van der Waals surface area contributed by atoms with Crippen LogP contribution in [0.1, 0.15) is 19.7 Å². The van der Waals surface area contributed by atoms with Gasteiger partial charge in [-0.2, -0.15) is 0 Å². The normalized spacial score (nSPS) is 11.0. The number of hydrogen-bond donors (Lipinski definition) is 1. The van der Waals surface area contributed by atoms with Gasteiger partial charge in [-0.3, -0.25) is 0 Å². The van der Waals surface area contributed by atoms with E-state index in [1.807, 2.05) is 11.5 Å². The van der Waals surface area contributed by atoms with Gasteiger partial charge in [0.15, 0.2) is 4.64 Å². The van der Waals surface area contributed by atoms with Gasteiger partial charge >= 0.3 is 0 Å². The number of aromatic amines is 1.